The Balaban J connectivity index is 1.69. The van der Waals surface area contributed by atoms with Crippen LogP contribution in [0.4, 0.5) is 10.2 Å². The largest absolute Gasteiger partial charge is 0.370 e. The van der Waals surface area contributed by atoms with Crippen LogP contribution < -0.4 is 10.6 Å². The second-order valence-electron chi connectivity index (χ2n) is 4.27. The highest BCUT2D eigenvalue weighted by molar-refractivity contribution is 5.33. The predicted octanol–water partition coefficient (Wildman–Crippen LogP) is 2.02. The Bertz CT molecular complexity index is 307. The summed E-state index contributed by atoms with van der Waals surface area (Å²) >= 11 is 0. The normalized spacial score (nSPS) is 17.3. The number of piperidine rings is 1. The summed E-state index contributed by atoms with van der Waals surface area (Å²) in [6.07, 6.45) is 4.94. The minimum atomic E-state index is -0.288. The molecule has 0 atom stereocenters. The molecule has 0 radical (unpaired) electrons. The summed E-state index contributed by atoms with van der Waals surface area (Å²) in [5.41, 5.74) is 0. The highest BCUT2D eigenvalue weighted by Gasteiger charge is 2.11. The maximum atomic E-state index is 12.6. The van der Waals surface area contributed by atoms with E-state index in [0.29, 0.717) is 0 Å². The number of pyridine rings is 1. The van der Waals surface area contributed by atoms with Gasteiger partial charge in [0.15, 0.2) is 0 Å². The van der Waals surface area contributed by atoms with E-state index in [4.69, 9.17) is 0 Å². The van der Waals surface area contributed by atoms with E-state index in [0.717, 1.165) is 31.4 Å². The zero-order valence-electron chi connectivity index (χ0n) is 9.38. The highest BCUT2D eigenvalue weighted by Crippen LogP contribution is 2.15. The monoisotopic (exact) mass is 223 g/mol. The molecule has 4 heteroatoms. The molecule has 88 valence electrons. The molecule has 0 aliphatic carbocycles. The molecule has 2 N–H and O–H groups in total. The van der Waals surface area contributed by atoms with Gasteiger partial charge < -0.3 is 10.6 Å². The molecule has 1 saturated heterocycles. The van der Waals surface area contributed by atoms with Gasteiger partial charge in [-0.25, -0.2) is 9.37 Å². The van der Waals surface area contributed by atoms with Crippen LogP contribution in [0.3, 0.4) is 0 Å². The third-order valence-electron chi connectivity index (χ3n) is 3.04. The first-order valence-electron chi connectivity index (χ1n) is 5.91. The van der Waals surface area contributed by atoms with Crippen LogP contribution in [0.25, 0.3) is 0 Å². The van der Waals surface area contributed by atoms with Crippen LogP contribution in [0.2, 0.25) is 0 Å². The fourth-order valence-electron chi connectivity index (χ4n) is 2.06. The second-order valence-corrected chi connectivity index (χ2v) is 4.27. The number of rotatable bonds is 4. The average molecular weight is 223 g/mol. The number of hydrogen-bond acceptors (Lipinski definition) is 3. The summed E-state index contributed by atoms with van der Waals surface area (Å²) in [6, 6.07) is 3.11. The summed E-state index contributed by atoms with van der Waals surface area (Å²) in [6.45, 7) is 3.20. The van der Waals surface area contributed by atoms with Crippen molar-refractivity contribution in [3.63, 3.8) is 0 Å². The number of nitrogens with zero attached hydrogens (tertiary/aromatic N) is 1. The Morgan fingerprint density at radius 1 is 1.38 bits per heavy atom. The molecule has 1 aliphatic heterocycles. The lowest BCUT2D eigenvalue weighted by Crippen LogP contribution is -2.28. The molecule has 1 aromatic rings. The number of halogens is 1. The summed E-state index contributed by atoms with van der Waals surface area (Å²) in [5.74, 6) is 1.29. The Kier molecular flexibility index (Phi) is 4.10. The van der Waals surface area contributed by atoms with Gasteiger partial charge in [0, 0.05) is 6.54 Å². The SMILES string of the molecule is Fc1ccc(NCCC2CCNCC2)nc1. The van der Waals surface area contributed by atoms with Gasteiger partial charge in [0.1, 0.15) is 11.6 Å². The van der Waals surface area contributed by atoms with E-state index in [-0.39, 0.29) is 5.82 Å². The lowest BCUT2D eigenvalue weighted by Gasteiger charge is -2.22. The van der Waals surface area contributed by atoms with Gasteiger partial charge in [-0.05, 0) is 50.4 Å². The standard InChI is InChI=1S/C12H18FN3/c13-11-1-2-12(16-9-11)15-8-5-10-3-6-14-7-4-10/h1-2,9-10,14H,3-8H2,(H,15,16). The number of hydrogen-bond donors (Lipinski definition) is 2. The molecule has 2 rings (SSSR count). The highest BCUT2D eigenvalue weighted by atomic mass is 19.1. The summed E-state index contributed by atoms with van der Waals surface area (Å²) in [4.78, 5) is 3.96. The van der Waals surface area contributed by atoms with Crippen LogP contribution >= 0.6 is 0 Å². The topological polar surface area (TPSA) is 37.0 Å². The number of anilines is 1. The lowest BCUT2D eigenvalue weighted by atomic mass is 9.95. The van der Waals surface area contributed by atoms with Crippen molar-refractivity contribution < 1.29 is 4.39 Å². The first-order chi connectivity index (χ1) is 7.84. The van der Waals surface area contributed by atoms with Gasteiger partial charge in [0.2, 0.25) is 0 Å². The zero-order valence-corrected chi connectivity index (χ0v) is 9.38. The van der Waals surface area contributed by atoms with Crippen molar-refractivity contribution in [1.29, 1.82) is 0 Å². The molecular weight excluding hydrogens is 205 g/mol. The van der Waals surface area contributed by atoms with Gasteiger partial charge in [0.05, 0.1) is 6.20 Å². The van der Waals surface area contributed by atoms with Crippen molar-refractivity contribution in [3.05, 3.63) is 24.1 Å². The van der Waals surface area contributed by atoms with Crippen molar-refractivity contribution in [1.82, 2.24) is 10.3 Å². The maximum Gasteiger partial charge on any atom is 0.141 e. The zero-order chi connectivity index (χ0) is 11.2. The van der Waals surface area contributed by atoms with Crippen molar-refractivity contribution in [2.24, 2.45) is 5.92 Å². The quantitative estimate of drug-likeness (QED) is 0.820. The van der Waals surface area contributed by atoms with E-state index in [2.05, 4.69) is 15.6 Å². The van der Waals surface area contributed by atoms with Gasteiger partial charge in [0.25, 0.3) is 0 Å². The smallest absolute Gasteiger partial charge is 0.141 e. The first kappa shape index (κ1) is 11.3. The fraction of sp³-hybridized carbons (Fsp3) is 0.583. The van der Waals surface area contributed by atoms with Crippen molar-refractivity contribution >= 4 is 5.82 Å². The number of aromatic nitrogens is 1. The molecule has 0 saturated carbocycles. The molecule has 1 aliphatic rings. The van der Waals surface area contributed by atoms with Gasteiger partial charge in [-0.15, -0.1) is 0 Å². The van der Waals surface area contributed by atoms with E-state index in [1.807, 2.05) is 0 Å². The Morgan fingerprint density at radius 2 is 2.19 bits per heavy atom. The first-order valence-corrected chi connectivity index (χ1v) is 5.91. The molecule has 0 spiro atoms. The maximum absolute atomic E-state index is 12.6. The van der Waals surface area contributed by atoms with E-state index in [1.165, 1.54) is 31.5 Å². The Morgan fingerprint density at radius 3 is 2.88 bits per heavy atom. The van der Waals surface area contributed by atoms with Crippen molar-refractivity contribution in [2.75, 3.05) is 25.0 Å². The molecular formula is C12H18FN3. The molecule has 0 unspecified atom stereocenters. The van der Waals surface area contributed by atoms with Gasteiger partial charge >= 0.3 is 0 Å². The molecule has 0 bridgehead atoms. The lowest BCUT2D eigenvalue weighted by molar-refractivity contribution is 0.361. The molecule has 3 nitrogen and oxygen atoms in total. The molecule has 1 aromatic heterocycles. The van der Waals surface area contributed by atoms with Crippen LogP contribution in [0.1, 0.15) is 19.3 Å². The molecule has 0 aromatic carbocycles. The molecule has 2 heterocycles. The van der Waals surface area contributed by atoms with Crippen LogP contribution in [0.5, 0.6) is 0 Å². The van der Waals surface area contributed by atoms with Crippen LogP contribution in [-0.4, -0.2) is 24.6 Å². The average Bonchev–Trinajstić information content (AvgIpc) is 2.33. The van der Waals surface area contributed by atoms with E-state index >= 15 is 0 Å². The van der Waals surface area contributed by atoms with Crippen LogP contribution in [-0.2, 0) is 0 Å². The number of nitrogens with one attached hydrogen (secondary N) is 2. The van der Waals surface area contributed by atoms with Crippen molar-refractivity contribution in [2.45, 2.75) is 19.3 Å². The fourth-order valence-corrected chi connectivity index (χ4v) is 2.06. The summed E-state index contributed by atoms with van der Waals surface area (Å²) in [7, 11) is 0. The summed E-state index contributed by atoms with van der Waals surface area (Å²) in [5, 5.41) is 6.58. The second kappa shape index (κ2) is 5.80. The minimum absolute atomic E-state index is 0.288. The van der Waals surface area contributed by atoms with E-state index in [1.54, 1.807) is 6.07 Å². The van der Waals surface area contributed by atoms with Crippen LogP contribution in [0, 0.1) is 11.7 Å². The molecule has 1 fully saturated rings. The van der Waals surface area contributed by atoms with Gasteiger partial charge in [-0.3, -0.25) is 0 Å². The Hall–Kier alpha value is -1.16. The summed E-state index contributed by atoms with van der Waals surface area (Å²) < 4.78 is 12.6. The minimum Gasteiger partial charge on any atom is -0.370 e. The van der Waals surface area contributed by atoms with Crippen LogP contribution in [0.15, 0.2) is 18.3 Å². The van der Waals surface area contributed by atoms with Gasteiger partial charge in [-0.2, -0.15) is 0 Å². The third kappa shape index (κ3) is 3.45. The predicted molar refractivity (Wildman–Crippen MR) is 62.9 cm³/mol. The van der Waals surface area contributed by atoms with E-state index < -0.39 is 0 Å². The third-order valence-corrected chi connectivity index (χ3v) is 3.04. The van der Waals surface area contributed by atoms with Crippen molar-refractivity contribution in [3.8, 4) is 0 Å². The van der Waals surface area contributed by atoms with Gasteiger partial charge in [-0.1, -0.05) is 0 Å². The molecule has 16 heavy (non-hydrogen) atoms. The molecule has 0 amide bonds. The Labute approximate surface area is 95.5 Å². The van der Waals surface area contributed by atoms with E-state index in [9.17, 15) is 4.39 Å².